The van der Waals surface area contributed by atoms with Crippen LogP contribution in [0.5, 0.6) is 0 Å². The second kappa shape index (κ2) is 5.88. The predicted molar refractivity (Wildman–Crippen MR) is 67.5 cm³/mol. The van der Waals surface area contributed by atoms with Crippen LogP contribution < -0.4 is 5.56 Å². The number of aliphatic hydroxyl groups is 1. The zero-order valence-electron chi connectivity index (χ0n) is 11.1. The SMILES string of the molecule is O=C(Cn1cccc(C(F)(F)F)c1=O)N1CCC(CO)C1. The highest BCUT2D eigenvalue weighted by atomic mass is 19.4. The van der Waals surface area contributed by atoms with E-state index in [4.69, 9.17) is 5.11 Å². The van der Waals surface area contributed by atoms with E-state index in [1.54, 1.807) is 0 Å². The first-order valence-electron chi connectivity index (χ1n) is 6.48. The highest BCUT2D eigenvalue weighted by molar-refractivity contribution is 5.76. The number of carbonyl (C=O) groups is 1. The maximum Gasteiger partial charge on any atom is 0.421 e. The van der Waals surface area contributed by atoms with E-state index in [0.29, 0.717) is 25.6 Å². The Labute approximate surface area is 118 Å². The first kappa shape index (κ1) is 15.6. The zero-order valence-corrected chi connectivity index (χ0v) is 11.1. The smallest absolute Gasteiger partial charge is 0.396 e. The molecule has 1 aliphatic heterocycles. The first-order valence-corrected chi connectivity index (χ1v) is 6.48. The number of alkyl halides is 3. The maximum atomic E-state index is 12.6. The van der Waals surface area contributed by atoms with Crippen LogP contribution in [0.1, 0.15) is 12.0 Å². The van der Waals surface area contributed by atoms with Gasteiger partial charge in [0.05, 0.1) is 0 Å². The molecular formula is C13H15F3N2O3. The van der Waals surface area contributed by atoms with Gasteiger partial charge in [-0.15, -0.1) is 0 Å². The molecule has 0 saturated carbocycles. The molecule has 1 aromatic heterocycles. The number of aliphatic hydroxyl groups excluding tert-OH is 1. The fourth-order valence-corrected chi connectivity index (χ4v) is 2.33. The van der Waals surface area contributed by atoms with Gasteiger partial charge in [0.15, 0.2) is 0 Å². The topological polar surface area (TPSA) is 62.5 Å². The number of aromatic nitrogens is 1. The van der Waals surface area contributed by atoms with Crippen molar-refractivity contribution in [2.75, 3.05) is 19.7 Å². The Morgan fingerprint density at radius 2 is 2.14 bits per heavy atom. The summed E-state index contributed by atoms with van der Waals surface area (Å²) in [4.78, 5) is 25.2. The minimum atomic E-state index is -4.74. The van der Waals surface area contributed by atoms with Gasteiger partial charge < -0.3 is 14.6 Å². The number of pyridine rings is 1. The average molecular weight is 304 g/mol. The van der Waals surface area contributed by atoms with Crippen LogP contribution in [-0.2, 0) is 17.5 Å². The monoisotopic (exact) mass is 304 g/mol. The molecule has 0 aliphatic carbocycles. The third kappa shape index (κ3) is 3.44. The van der Waals surface area contributed by atoms with Gasteiger partial charge in [0.25, 0.3) is 5.56 Å². The van der Waals surface area contributed by atoms with Crippen molar-refractivity contribution in [3.8, 4) is 0 Å². The van der Waals surface area contributed by atoms with Crippen molar-refractivity contribution in [1.29, 1.82) is 0 Å². The van der Waals surface area contributed by atoms with Gasteiger partial charge in [0, 0.05) is 31.8 Å². The van der Waals surface area contributed by atoms with E-state index >= 15 is 0 Å². The number of hydrogen-bond acceptors (Lipinski definition) is 3. The van der Waals surface area contributed by atoms with Gasteiger partial charge in [-0.25, -0.2) is 0 Å². The molecular weight excluding hydrogens is 289 g/mol. The molecule has 1 saturated heterocycles. The van der Waals surface area contributed by atoms with E-state index in [1.807, 2.05) is 0 Å². The third-order valence-corrected chi connectivity index (χ3v) is 3.53. The van der Waals surface area contributed by atoms with Crippen molar-refractivity contribution in [3.05, 3.63) is 34.2 Å². The Morgan fingerprint density at radius 3 is 2.71 bits per heavy atom. The van der Waals surface area contributed by atoms with Gasteiger partial charge >= 0.3 is 6.18 Å². The van der Waals surface area contributed by atoms with E-state index in [1.165, 1.54) is 4.90 Å². The number of likely N-dealkylation sites (tertiary alicyclic amines) is 1. The molecule has 116 valence electrons. The number of nitrogens with zero attached hydrogens (tertiary/aromatic N) is 2. The summed E-state index contributed by atoms with van der Waals surface area (Å²) in [5.74, 6) is -0.431. The van der Waals surface area contributed by atoms with E-state index in [0.717, 1.165) is 16.8 Å². The summed E-state index contributed by atoms with van der Waals surface area (Å²) in [5.41, 5.74) is -2.51. The van der Waals surface area contributed by atoms with E-state index < -0.39 is 29.8 Å². The molecule has 0 radical (unpaired) electrons. The standard InChI is InChI=1S/C13H15F3N2O3/c14-13(15,16)10-2-1-4-18(12(10)21)7-11(20)17-5-3-9(6-17)8-19/h1-2,4,9,19H,3,5-8H2. The summed E-state index contributed by atoms with van der Waals surface area (Å²) in [7, 11) is 0. The van der Waals surface area contributed by atoms with Crippen molar-refractivity contribution in [1.82, 2.24) is 9.47 Å². The Bertz CT molecular complexity index is 583. The summed E-state index contributed by atoms with van der Waals surface area (Å²) in [5, 5.41) is 9.01. The first-order chi connectivity index (χ1) is 9.82. The lowest BCUT2D eigenvalue weighted by atomic mass is 10.1. The zero-order chi connectivity index (χ0) is 15.6. The van der Waals surface area contributed by atoms with Crippen LogP contribution in [0.2, 0.25) is 0 Å². The molecule has 1 aromatic rings. The summed E-state index contributed by atoms with van der Waals surface area (Å²) < 4.78 is 38.6. The minimum absolute atomic E-state index is 0.00724. The summed E-state index contributed by atoms with van der Waals surface area (Å²) in [6.07, 6.45) is -2.92. The summed E-state index contributed by atoms with van der Waals surface area (Å²) >= 11 is 0. The Hall–Kier alpha value is -1.83. The van der Waals surface area contributed by atoms with Gasteiger partial charge in [-0.2, -0.15) is 13.2 Å². The van der Waals surface area contributed by atoms with Crippen LogP contribution in [0.25, 0.3) is 0 Å². The van der Waals surface area contributed by atoms with Crippen molar-refractivity contribution in [2.45, 2.75) is 19.1 Å². The molecule has 1 fully saturated rings. The van der Waals surface area contributed by atoms with Gasteiger partial charge in [-0.3, -0.25) is 9.59 Å². The highest BCUT2D eigenvalue weighted by Gasteiger charge is 2.34. The number of rotatable bonds is 3. The van der Waals surface area contributed by atoms with E-state index in [9.17, 15) is 22.8 Å². The minimum Gasteiger partial charge on any atom is -0.396 e. The summed E-state index contributed by atoms with van der Waals surface area (Å²) in [6.45, 7) is 0.342. The fourth-order valence-electron chi connectivity index (χ4n) is 2.33. The van der Waals surface area contributed by atoms with Crippen LogP contribution in [0, 0.1) is 5.92 Å². The lowest BCUT2D eigenvalue weighted by Crippen LogP contribution is -2.36. The molecule has 1 amide bonds. The van der Waals surface area contributed by atoms with Crippen LogP contribution in [-0.4, -0.2) is 40.2 Å². The molecule has 1 atom stereocenters. The third-order valence-electron chi connectivity index (χ3n) is 3.53. The predicted octanol–water partition coefficient (Wildman–Crippen LogP) is 0.708. The van der Waals surface area contributed by atoms with Crippen molar-refractivity contribution < 1.29 is 23.1 Å². The van der Waals surface area contributed by atoms with Gasteiger partial charge in [-0.05, 0) is 18.6 Å². The molecule has 0 aromatic carbocycles. The number of carbonyl (C=O) groups excluding carboxylic acids is 1. The Morgan fingerprint density at radius 1 is 1.43 bits per heavy atom. The van der Waals surface area contributed by atoms with Crippen molar-refractivity contribution in [2.24, 2.45) is 5.92 Å². The lowest BCUT2D eigenvalue weighted by Gasteiger charge is -2.17. The second-order valence-electron chi connectivity index (χ2n) is 5.03. The summed E-state index contributed by atoms with van der Waals surface area (Å²) in [6, 6.07) is 1.79. The normalized spacial score (nSPS) is 19.0. The molecule has 1 aliphatic rings. The Kier molecular flexibility index (Phi) is 4.36. The molecule has 8 heteroatoms. The molecule has 0 spiro atoms. The van der Waals surface area contributed by atoms with Gasteiger partial charge in [0.1, 0.15) is 12.1 Å². The molecule has 21 heavy (non-hydrogen) atoms. The van der Waals surface area contributed by atoms with Gasteiger partial charge in [0.2, 0.25) is 5.91 Å². The molecule has 1 unspecified atom stereocenters. The average Bonchev–Trinajstić information content (AvgIpc) is 2.88. The number of hydrogen-bond donors (Lipinski definition) is 1. The quantitative estimate of drug-likeness (QED) is 0.894. The van der Waals surface area contributed by atoms with E-state index in [-0.39, 0.29) is 12.5 Å². The molecule has 5 nitrogen and oxygen atoms in total. The van der Waals surface area contributed by atoms with Crippen molar-refractivity contribution >= 4 is 5.91 Å². The maximum absolute atomic E-state index is 12.6. The van der Waals surface area contributed by atoms with Gasteiger partial charge in [-0.1, -0.05) is 0 Å². The van der Waals surface area contributed by atoms with E-state index in [2.05, 4.69) is 0 Å². The molecule has 1 N–H and O–H groups in total. The van der Waals surface area contributed by atoms with Crippen LogP contribution in [0.15, 0.2) is 23.1 Å². The highest BCUT2D eigenvalue weighted by Crippen LogP contribution is 2.26. The Balaban J connectivity index is 2.14. The largest absolute Gasteiger partial charge is 0.421 e. The molecule has 2 rings (SSSR count). The lowest BCUT2D eigenvalue weighted by molar-refractivity contribution is -0.139. The number of amides is 1. The second-order valence-corrected chi connectivity index (χ2v) is 5.03. The van der Waals surface area contributed by atoms with Crippen LogP contribution in [0.3, 0.4) is 0 Å². The van der Waals surface area contributed by atoms with Crippen LogP contribution in [0.4, 0.5) is 13.2 Å². The fraction of sp³-hybridized carbons (Fsp3) is 0.538. The number of halogens is 3. The van der Waals surface area contributed by atoms with Crippen LogP contribution >= 0.6 is 0 Å². The van der Waals surface area contributed by atoms with Crippen molar-refractivity contribution in [3.63, 3.8) is 0 Å². The molecule has 0 bridgehead atoms. The molecule has 2 heterocycles.